The van der Waals surface area contributed by atoms with Crippen LogP contribution in [0.2, 0.25) is 0 Å². The first kappa shape index (κ1) is 37.7. The molecule has 2 aliphatic heterocycles. The molecule has 5 rings (SSSR count). The molecular formula is C31H40Cl3N7O4. The van der Waals surface area contributed by atoms with Gasteiger partial charge >= 0.3 is 0 Å². The molecule has 4 atom stereocenters. The molecule has 11 nitrogen and oxygen atoms in total. The van der Waals surface area contributed by atoms with E-state index in [1.54, 1.807) is 13.1 Å². The van der Waals surface area contributed by atoms with Gasteiger partial charge in [0.25, 0.3) is 0 Å². The molecule has 0 spiro atoms. The van der Waals surface area contributed by atoms with E-state index in [0.29, 0.717) is 37.6 Å². The molecule has 1 unspecified atom stereocenters. The number of nitrogens with zero attached hydrogens (tertiary/aromatic N) is 3. The molecule has 1 aromatic heterocycles. The largest absolute Gasteiger partial charge is 0.383 e. The summed E-state index contributed by atoms with van der Waals surface area (Å²) in [6.07, 6.45) is 1.38. The minimum absolute atomic E-state index is 0. The maximum absolute atomic E-state index is 13.7. The van der Waals surface area contributed by atoms with Crippen molar-refractivity contribution in [1.29, 1.82) is 5.41 Å². The lowest BCUT2D eigenvalue weighted by molar-refractivity contribution is -0.139. The molecule has 5 N–H and O–H groups in total. The Labute approximate surface area is 281 Å². The summed E-state index contributed by atoms with van der Waals surface area (Å²) in [6, 6.07) is 17.1. The van der Waals surface area contributed by atoms with Gasteiger partial charge in [-0.05, 0) is 43.9 Å². The van der Waals surface area contributed by atoms with Crippen molar-refractivity contribution >= 4 is 77.4 Å². The van der Waals surface area contributed by atoms with Crippen molar-refractivity contribution in [2.45, 2.75) is 50.4 Å². The predicted octanol–water partition coefficient (Wildman–Crippen LogP) is 2.79. The zero-order valence-corrected chi connectivity index (χ0v) is 27.3. The lowest BCUT2D eigenvalue weighted by Crippen LogP contribution is -2.60. The minimum Gasteiger partial charge on any atom is -0.383 e. The van der Waals surface area contributed by atoms with Crippen LogP contribution in [0.3, 0.4) is 0 Å². The average Bonchev–Trinajstić information content (AvgIpc) is 3.43. The Morgan fingerprint density at radius 1 is 1.07 bits per heavy atom. The van der Waals surface area contributed by atoms with Crippen LogP contribution in [0.25, 0.3) is 10.9 Å². The van der Waals surface area contributed by atoms with E-state index in [1.807, 2.05) is 65.6 Å². The number of likely N-dealkylation sites (tertiary alicyclic amines) is 1. The highest BCUT2D eigenvalue weighted by Gasteiger charge is 2.43. The summed E-state index contributed by atoms with van der Waals surface area (Å²) in [6.45, 7) is 3.30. The molecule has 0 aliphatic carbocycles. The van der Waals surface area contributed by atoms with Gasteiger partial charge in [-0.3, -0.25) is 24.8 Å². The first-order chi connectivity index (χ1) is 20.3. The number of piperazine rings is 1. The normalized spacial score (nSPS) is 19.7. The molecule has 2 aromatic carbocycles. The summed E-state index contributed by atoms with van der Waals surface area (Å²) in [5.74, 6) is -0.787. The Bertz CT molecular complexity index is 1470. The Morgan fingerprint density at radius 2 is 1.78 bits per heavy atom. The second-order valence-corrected chi connectivity index (χ2v) is 10.9. The highest BCUT2D eigenvalue weighted by Crippen LogP contribution is 2.23. The molecule has 244 valence electrons. The number of fused-ring (bicyclic) bond motifs is 1. The smallest absolute Gasteiger partial charge is 0.249 e. The molecule has 0 saturated carbocycles. The number of para-hydroxylation sites is 1. The lowest BCUT2D eigenvalue weighted by atomic mass is 10.1. The van der Waals surface area contributed by atoms with Crippen molar-refractivity contribution in [3.63, 3.8) is 0 Å². The van der Waals surface area contributed by atoms with Crippen molar-refractivity contribution in [3.05, 3.63) is 72.4 Å². The highest BCUT2D eigenvalue weighted by molar-refractivity contribution is 5.99. The van der Waals surface area contributed by atoms with Gasteiger partial charge in [0.15, 0.2) is 0 Å². The third-order valence-electron chi connectivity index (χ3n) is 7.89. The molecule has 0 radical (unpaired) electrons. The van der Waals surface area contributed by atoms with Gasteiger partial charge in [-0.25, -0.2) is 0 Å². The van der Waals surface area contributed by atoms with Crippen LogP contribution in [0.5, 0.6) is 0 Å². The van der Waals surface area contributed by atoms with Crippen LogP contribution in [0, 0.1) is 5.41 Å². The van der Waals surface area contributed by atoms with E-state index in [0.717, 1.165) is 16.5 Å². The van der Waals surface area contributed by atoms with Crippen molar-refractivity contribution in [3.8, 4) is 0 Å². The molecule has 3 amide bonds. The summed E-state index contributed by atoms with van der Waals surface area (Å²) in [4.78, 5) is 48.0. The third kappa shape index (κ3) is 9.51. The summed E-state index contributed by atoms with van der Waals surface area (Å²) in [7, 11) is 0. The van der Waals surface area contributed by atoms with Gasteiger partial charge in [0.05, 0.1) is 23.2 Å². The number of nitrogens with one attached hydrogen (secondary N) is 4. The van der Waals surface area contributed by atoms with Gasteiger partial charge in [0.1, 0.15) is 18.2 Å². The number of hydrogen-bond donors (Lipinski definition) is 5. The number of carbonyl (C=O) groups is 3. The maximum atomic E-state index is 13.7. The number of anilines is 1. The van der Waals surface area contributed by atoms with Crippen molar-refractivity contribution in [1.82, 2.24) is 25.4 Å². The molecule has 2 aliphatic rings. The predicted molar refractivity (Wildman–Crippen MR) is 182 cm³/mol. The molecule has 2 saturated heterocycles. The fourth-order valence-electron chi connectivity index (χ4n) is 5.59. The Morgan fingerprint density at radius 3 is 2.51 bits per heavy atom. The van der Waals surface area contributed by atoms with E-state index in [-0.39, 0.29) is 68.4 Å². The van der Waals surface area contributed by atoms with Gasteiger partial charge < -0.3 is 30.9 Å². The first-order valence-electron chi connectivity index (χ1n) is 14.3. The summed E-state index contributed by atoms with van der Waals surface area (Å²) in [5, 5.41) is 28.4. The van der Waals surface area contributed by atoms with Crippen LogP contribution in [-0.4, -0.2) is 93.9 Å². The number of amides is 3. The number of rotatable bonds is 8. The van der Waals surface area contributed by atoms with Gasteiger partial charge in [-0.1, -0.05) is 48.5 Å². The second kappa shape index (κ2) is 17.3. The number of amidine groups is 1. The Balaban J connectivity index is 0.00000235. The molecule has 45 heavy (non-hydrogen) atoms. The van der Waals surface area contributed by atoms with Gasteiger partial charge in [0, 0.05) is 37.6 Å². The fraction of sp³-hybridized carbons (Fsp3) is 0.387. The van der Waals surface area contributed by atoms with Gasteiger partial charge in [-0.2, -0.15) is 0 Å². The molecular weight excluding hydrogens is 641 g/mol. The van der Waals surface area contributed by atoms with E-state index < -0.39 is 30.1 Å². The Hall–Kier alpha value is -3.48. The number of benzene rings is 2. The van der Waals surface area contributed by atoms with Crippen LogP contribution < -0.4 is 16.0 Å². The van der Waals surface area contributed by atoms with Crippen molar-refractivity contribution < 1.29 is 19.5 Å². The van der Waals surface area contributed by atoms with Gasteiger partial charge in [0.2, 0.25) is 17.7 Å². The van der Waals surface area contributed by atoms with E-state index in [9.17, 15) is 19.5 Å². The van der Waals surface area contributed by atoms with Crippen LogP contribution >= 0.6 is 37.2 Å². The quantitative estimate of drug-likeness (QED) is 0.181. The summed E-state index contributed by atoms with van der Waals surface area (Å²) in [5.41, 5.74) is 2.34. The molecule has 3 heterocycles. The monoisotopic (exact) mass is 679 g/mol. The lowest BCUT2D eigenvalue weighted by Gasteiger charge is -2.36. The molecule has 0 bridgehead atoms. The van der Waals surface area contributed by atoms with E-state index in [2.05, 4.69) is 20.9 Å². The topological polar surface area (TPSA) is 151 Å². The number of aliphatic hydroxyl groups is 1. The number of aryl methyl sites for hydroxylation is 1. The number of aromatic nitrogens is 1. The Kier molecular flexibility index (Phi) is 14.5. The zero-order chi connectivity index (χ0) is 29.6. The third-order valence-corrected chi connectivity index (χ3v) is 7.89. The summed E-state index contributed by atoms with van der Waals surface area (Å²) < 4.78 is 0. The standard InChI is InChI=1S/C31H37N7O4.3ClH/c1-20(32)37-14-13-33-26(19-37)31(42)38-18-24(36-30(41)28(39)12-11-21-7-3-2-4-8-21)16-27(38)29(40)35-23-15-22-9-5-6-10-25(22)34-17-23;;;/h2-10,15,17,24,26-28,32-33,39H,11-14,16,18-19H2,1H3,(H,35,40)(H,36,41);3*1H/t24-,26?,27+,28-;;;/m1.../s1. The number of pyridine rings is 1. The highest BCUT2D eigenvalue weighted by atomic mass is 35.5. The SMILES string of the molecule is CC(=N)N1CCNC(C(=O)N2C[C@H](NC(=O)[C@H](O)CCc3ccccc3)C[C@H]2C(=O)Nc2cnc3ccccc3c2)C1.Cl.Cl.Cl. The van der Waals surface area contributed by atoms with Gasteiger partial charge in [-0.15, -0.1) is 37.2 Å². The van der Waals surface area contributed by atoms with E-state index in [1.165, 1.54) is 4.90 Å². The molecule has 2 fully saturated rings. The second-order valence-electron chi connectivity index (χ2n) is 10.9. The van der Waals surface area contributed by atoms with Crippen LogP contribution in [-0.2, 0) is 20.8 Å². The van der Waals surface area contributed by atoms with Crippen molar-refractivity contribution in [2.24, 2.45) is 0 Å². The van der Waals surface area contributed by atoms with E-state index in [4.69, 9.17) is 5.41 Å². The first-order valence-corrected chi connectivity index (χ1v) is 14.3. The maximum Gasteiger partial charge on any atom is 0.249 e. The van der Waals surface area contributed by atoms with Crippen LogP contribution in [0.4, 0.5) is 5.69 Å². The van der Waals surface area contributed by atoms with Crippen LogP contribution in [0.1, 0.15) is 25.3 Å². The van der Waals surface area contributed by atoms with E-state index >= 15 is 0 Å². The zero-order valence-electron chi connectivity index (χ0n) is 24.8. The molecule has 14 heteroatoms. The minimum atomic E-state index is -1.21. The average molecular weight is 681 g/mol. The number of aliphatic hydroxyl groups excluding tert-OH is 1. The number of halogens is 3. The number of hydrogen-bond acceptors (Lipinski definition) is 7. The fourth-order valence-corrected chi connectivity index (χ4v) is 5.59. The summed E-state index contributed by atoms with van der Waals surface area (Å²) >= 11 is 0. The van der Waals surface area contributed by atoms with Crippen LogP contribution in [0.15, 0.2) is 66.9 Å². The van der Waals surface area contributed by atoms with Crippen molar-refractivity contribution in [2.75, 3.05) is 31.5 Å². The number of carbonyl (C=O) groups excluding carboxylic acids is 3. The molecule has 3 aromatic rings.